The van der Waals surface area contributed by atoms with E-state index in [9.17, 15) is 4.79 Å². The van der Waals surface area contributed by atoms with Crippen LogP contribution in [0.1, 0.15) is 0 Å². The summed E-state index contributed by atoms with van der Waals surface area (Å²) in [6.07, 6.45) is 0. The van der Waals surface area contributed by atoms with Gasteiger partial charge in [-0.2, -0.15) is 16.9 Å². The highest BCUT2D eigenvalue weighted by molar-refractivity contribution is 8.00. The van der Waals surface area contributed by atoms with E-state index >= 15 is 0 Å². The van der Waals surface area contributed by atoms with Gasteiger partial charge in [-0.05, 0) is 0 Å². The van der Waals surface area contributed by atoms with Crippen LogP contribution in [0.3, 0.4) is 0 Å². The lowest BCUT2D eigenvalue weighted by molar-refractivity contribution is -0.121. The quantitative estimate of drug-likeness (QED) is 0.510. The van der Waals surface area contributed by atoms with Gasteiger partial charge < -0.3 is 0 Å². The molecule has 1 unspecified atom stereocenters. The zero-order valence-corrected chi connectivity index (χ0v) is 5.57. The molecule has 2 aliphatic heterocycles. The number of fused-ring (bicyclic) bond motifs is 1. The average Bonchev–Trinajstić information content (AvgIpc) is 2.35. The first kappa shape index (κ1) is 5.29. The maximum Gasteiger partial charge on any atom is 0.249 e. The van der Waals surface area contributed by atoms with Gasteiger partial charge in [-0.1, -0.05) is 0 Å². The van der Waals surface area contributed by atoms with Gasteiger partial charge in [0.25, 0.3) is 0 Å². The Bertz CT molecular complexity index is 189. The van der Waals surface area contributed by atoms with Crippen molar-refractivity contribution in [2.75, 3.05) is 11.5 Å². The molecule has 1 atom stereocenters. The lowest BCUT2D eigenvalue weighted by Gasteiger charge is -1.93. The van der Waals surface area contributed by atoms with Gasteiger partial charge in [-0.25, -0.2) is 5.43 Å². The maximum absolute atomic E-state index is 10.8. The van der Waals surface area contributed by atoms with Crippen molar-refractivity contribution < 1.29 is 4.79 Å². The molecular weight excluding hydrogens is 136 g/mol. The molecule has 48 valence electrons. The zero-order chi connectivity index (χ0) is 6.27. The van der Waals surface area contributed by atoms with Gasteiger partial charge in [0.05, 0.1) is 11.6 Å². The summed E-state index contributed by atoms with van der Waals surface area (Å²) in [7, 11) is 0. The number of carbonyl (C=O) groups is 1. The van der Waals surface area contributed by atoms with E-state index in [1.807, 2.05) is 0 Å². The second kappa shape index (κ2) is 1.73. The SMILES string of the molecule is O=C1NN=C2CSCC12. The van der Waals surface area contributed by atoms with Gasteiger partial charge in [-0.15, -0.1) is 0 Å². The normalized spacial score (nSPS) is 31.8. The molecule has 0 radical (unpaired) electrons. The fourth-order valence-electron chi connectivity index (χ4n) is 1.02. The third-order valence-corrected chi connectivity index (χ3v) is 2.63. The first-order valence-corrected chi connectivity index (χ1v) is 3.97. The van der Waals surface area contributed by atoms with E-state index in [1.165, 1.54) is 0 Å². The van der Waals surface area contributed by atoms with E-state index in [4.69, 9.17) is 0 Å². The van der Waals surface area contributed by atoms with Crippen molar-refractivity contribution in [3.63, 3.8) is 0 Å². The van der Waals surface area contributed by atoms with Gasteiger partial charge in [0.2, 0.25) is 5.91 Å². The van der Waals surface area contributed by atoms with Crippen molar-refractivity contribution in [3.05, 3.63) is 0 Å². The largest absolute Gasteiger partial charge is 0.272 e. The number of hydrogen-bond donors (Lipinski definition) is 1. The van der Waals surface area contributed by atoms with Crippen molar-refractivity contribution in [1.29, 1.82) is 0 Å². The van der Waals surface area contributed by atoms with Gasteiger partial charge in [0.1, 0.15) is 0 Å². The number of rotatable bonds is 0. The topological polar surface area (TPSA) is 41.5 Å². The summed E-state index contributed by atoms with van der Waals surface area (Å²) in [4.78, 5) is 10.8. The molecule has 2 heterocycles. The number of carbonyl (C=O) groups excluding carboxylic acids is 1. The van der Waals surface area contributed by atoms with Crippen molar-refractivity contribution in [2.45, 2.75) is 0 Å². The summed E-state index contributed by atoms with van der Waals surface area (Å²) in [5, 5.41) is 3.88. The van der Waals surface area contributed by atoms with Gasteiger partial charge >= 0.3 is 0 Å². The molecule has 1 N–H and O–H groups in total. The molecule has 0 saturated carbocycles. The lowest BCUT2D eigenvalue weighted by atomic mass is 10.1. The molecule has 1 fully saturated rings. The second-order valence-corrected chi connectivity index (χ2v) is 3.18. The van der Waals surface area contributed by atoms with Gasteiger partial charge in [-0.3, -0.25) is 4.79 Å². The Hall–Kier alpha value is -0.510. The van der Waals surface area contributed by atoms with Gasteiger partial charge in [0.15, 0.2) is 0 Å². The van der Waals surface area contributed by atoms with Crippen LogP contribution in [0.15, 0.2) is 5.10 Å². The molecule has 0 aromatic carbocycles. The number of hydrazone groups is 1. The van der Waals surface area contributed by atoms with Gasteiger partial charge in [0, 0.05) is 11.5 Å². The van der Waals surface area contributed by atoms with Crippen molar-refractivity contribution in [1.82, 2.24) is 5.43 Å². The molecule has 2 aliphatic rings. The number of nitrogens with zero attached hydrogens (tertiary/aromatic N) is 1. The molecule has 2 rings (SSSR count). The fourth-order valence-corrected chi connectivity index (χ4v) is 2.19. The summed E-state index contributed by atoms with van der Waals surface area (Å²) in [5.74, 6) is 2.04. The summed E-state index contributed by atoms with van der Waals surface area (Å²) < 4.78 is 0. The number of thioether (sulfide) groups is 1. The molecule has 1 saturated heterocycles. The Labute approximate surface area is 56.9 Å². The van der Waals surface area contributed by atoms with Crippen molar-refractivity contribution in [3.8, 4) is 0 Å². The molecule has 9 heavy (non-hydrogen) atoms. The summed E-state index contributed by atoms with van der Waals surface area (Å²) in [5.41, 5.74) is 3.49. The molecular formula is C5H6N2OS. The summed E-state index contributed by atoms with van der Waals surface area (Å²) in [6, 6.07) is 0. The minimum Gasteiger partial charge on any atom is -0.272 e. The average molecular weight is 142 g/mol. The van der Waals surface area contributed by atoms with Crippen LogP contribution in [0.5, 0.6) is 0 Å². The van der Waals surface area contributed by atoms with Crippen LogP contribution in [0.4, 0.5) is 0 Å². The van der Waals surface area contributed by atoms with Crippen LogP contribution < -0.4 is 5.43 Å². The molecule has 0 bridgehead atoms. The molecule has 3 nitrogen and oxygen atoms in total. The summed E-state index contributed by atoms with van der Waals surface area (Å²) >= 11 is 1.78. The van der Waals surface area contributed by atoms with E-state index in [2.05, 4.69) is 10.5 Å². The predicted octanol–water partition coefficient (Wildman–Crippen LogP) is -0.165. The molecule has 0 aromatic heterocycles. The fraction of sp³-hybridized carbons (Fsp3) is 0.600. The van der Waals surface area contributed by atoms with Crippen LogP contribution in [0.2, 0.25) is 0 Å². The first-order valence-electron chi connectivity index (χ1n) is 2.82. The van der Waals surface area contributed by atoms with Crippen molar-refractivity contribution in [2.24, 2.45) is 11.0 Å². The van der Waals surface area contributed by atoms with E-state index < -0.39 is 0 Å². The Morgan fingerprint density at radius 2 is 2.67 bits per heavy atom. The number of amides is 1. The van der Waals surface area contributed by atoms with Crippen LogP contribution in [0.25, 0.3) is 0 Å². The molecule has 0 spiro atoms. The highest BCUT2D eigenvalue weighted by Gasteiger charge is 2.33. The standard InChI is InChI=1S/C5H6N2OS/c8-5-3-1-9-2-4(3)6-7-5/h3H,1-2H2,(H,7,8). The Kier molecular flexibility index (Phi) is 1.02. The smallest absolute Gasteiger partial charge is 0.249 e. The maximum atomic E-state index is 10.8. The lowest BCUT2D eigenvalue weighted by Crippen LogP contribution is -2.21. The van der Waals surface area contributed by atoms with Crippen LogP contribution in [-0.2, 0) is 4.79 Å². The van der Waals surface area contributed by atoms with E-state index in [1.54, 1.807) is 11.8 Å². The monoisotopic (exact) mass is 142 g/mol. The van der Waals surface area contributed by atoms with Crippen LogP contribution in [0, 0.1) is 5.92 Å². The van der Waals surface area contributed by atoms with Crippen LogP contribution in [-0.4, -0.2) is 23.1 Å². The van der Waals surface area contributed by atoms with E-state index in [0.29, 0.717) is 0 Å². The molecule has 0 aliphatic carbocycles. The highest BCUT2D eigenvalue weighted by Crippen LogP contribution is 2.23. The number of nitrogens with one attached hydrogen (secondary N) is 1. The Balaban J connectivity index is 2.28. The van der Waals surface area contributed by atoms with E-state index in [0.717, 1.165) is 17.2 Å². The second-order valence-electron chi connectivity index (χ2n) is 2.15. The molecule has 1 amide bonds. The van der Waals surface area contributed by atoms with Crippen molar-refractivity contribution >= 4 is 23.4 Å². The predicted molar refractivity (Wildman–Crippen MR) is 36.4 cm³/mol. The zero-order valence-electron chi connectivity index (χ0n) is 4.76. The highest BCUT2D eigenvalue weighted by atomic mass is 32.2. The third-order valence-electron chi connectivity index (χ3n) is 1.56. The number of hydrogen-bond acceptors (Lipinski definition) is 3. The molecule has 4 heteroatoms. The Morgan fingerprint density at radius 3 is 3.44 bits per heavy atom. The summed E-state index contributed by atoms with van der Waals surface area (Å²) in [6.45, 7) is 0. The first-order chi connectivity index (χ1) is 4.38. The minimum absolute atomic E-state index is 0.0787. The minimum atomic E-state index is 0.0787. The van der Waals surface area contributed by atoms with E-state index in [-0.39, 0.29) is 11.8 Å². The third kappa shape index (κ3) is 0.660. The molecule has 0 aromatic rings. The Morgan fingerprint density at radius 1 is 1.78 bits per heavy atom. The van der Waals surface area contributed by atoms with Crippen LogP contribution >= 0.6 is 11.8 Å².